The molecule has 0 spiro atoms. The molecule has 1 heterocycles. The first-order valence-electron chi connectivity index (χ1n) is 7.05. The molecule has 116 valence electrons. The molecule has 1 aromatic carbocycles. The number of nitrogens with one attached hydrogen (secondary N) is 1. The van der Waals surface area contributed by atoms with Gasteiger partial charge in [-0.2, -0.15) is 13.2 Å². The van der Waals surface area contributed by atoms with Gasteiger partial charge < -0.3 is 10.2 Å². The van der Waals surface area contributed by atoms with E-state index < -0.39 is 24.9 Å². The van der Waals surface area contributed by atoms with Crippen molar-refractivity contribution in [2.45, 2.75) is 37.9 Å². The first kappa shape index (κ1) is 15.8. The van der Waals surface area contributed by atoms with E-state index in [1.54, 1.807) is 12.1 Å². The number of halogens is 3. The molecule has 0 aliphatic carbocycles. The fraction of sp³-hybridized carbons (Fsp3) is 0.533. The number of anilines is 1. The molecule has 21 heavy (non-hydrogen) atoms. The average Bonchev–Trinajstić information content (AvgIpc) is 2.63. The summed E-state index contributed by atoms with van der Waals surface area (Å²) >= 11 is 0. The highest BCUT2D eigenvalue weighted by Crippen LogP contribution is 2.33. The molecule has 0 saturated carbocycles. The quantitative estimate of drug-likeness (QED) is 0.927. The number of fused-ring (bicyclic) bond motifs is 1. The summed E-state index contributed by atoms with van der Waals surface area (Å²) in [4.78, 5) is 13.7. The van der Waals surface area contributed by atoms with Crippen LogP contribution < -0.4 is 10.2 Å². The van der Waals surface area contributed by atoms with Crippen molar-refractivity contribution in [1.29, 1.82) is 0 Å². The molecule has 0 bridgehead atoms. The van der Waals surface area contributed by atoms with Crippen LogP contribution in [0.25, 0.3) is 0 Å². The lowest BCUT2D eigenvalue weighted by Gasteiger charge is -2.24. The summed E-state index contributed by atoms with van der Waals surface area (Å²) in [6, 6.07) is 7.54. The number of carbonyl (C=O) groups excluding carboxylic acids is 1. The van der Waals surface area contributed by atoms with E-state index in [1.165, 1.54) is 4.90 Å². The highest BCUT2D eigenvalue weighted by molar-refractivity contribution is 5.94. The number of hydrogen-bond acceptors (Lipinski definition) is 2. The Hall–Kier alpha value is -1.56. The second kappa shape index (κ2) is 6.47. The summed E-state index contributed by atoms with van der Waals surface area (Å²) in [7, 11) is 1.85. The minimum atomic E-state index is -4.30. The molecule has 1 aliphatic heterocycles. The SMILES string of the molecule is CNC1CCCN(C(=O)CCC(F)(F)F)c2ccccc21. The molecule has 2 rings (SSSR count). The number of amides is 1. The van der Waals surface area contributed by atoms with Gasteiger partial charge in [0.05, 0.1) is 6.42 Å². The molecule has 0 saturated heterocycles. The van der Waals surface area contributed by atoms with Crippen LogP contribution in [0, 0.1) is 0 Å². The Kier molecular flexibility index (Phi) is 4.88. The van der Waals surface area contributed by atoms with Crippen LogP contribution in [-0.2, 0) is 4.79 Å². The van der Waals surface area contributed by atoms with Gasteiger partial charge in [-0.3, -0.25) is 4.79 Å². The van der Waals surface area contributed by atoms with E-state index in [0.717, 1.165) is 24.1 Å². The lowest BCUT2D eigenvalue weighted by molar-refractivity contribution is -0.143. The lowest BCUT2D eigenvalue weighted by atomic mass is 10.0. The number of carbonyl (C=O) groups is 1. The third kappa shape index (κ3) is 3.97. The van der Waals surface area contributed by atoms with Crippen molar-refractivity contribution in [1.82, 2.24) is 5.32 Å². The maximum Gasteiger partial charge on any atom is 0.389 e. The summed E-state index contributed by atoms with van der Waals surface area (Å²) in [5, 5.41) is 3.20. The Balaban J connectivity index is 2.21. The van der Waals surface area contributed by atoms with Gasteiger partial charge in [-0.05, 0) is 31.5 Å². The van der Waals surface area contributed by atoms with Gasteiger partial charge in [-0.1, -0.05) is 18.2 Å². The van der Waals surface area contributed by atoms with E-state index in [0.29, 0.717) is 6.54 Å². The van der Waals surface area contributed by atoms with Crippen molar-refractivity contribution < 1.29 is 18.0 Å². The van der Waals surface area contributed by atoms with Crippen molar-refractivity contribution in [3.63, 3.8) is 0 Å². The van der Waals surface area contributed by atoms with Crippen molar-refractivity contribution in [3.05, 3.63) is 29.8 Å². The van der Waals surface area contributed by atoms with Gasteiger partial charge in [-0.15, -0.1) is 0 Å². The second-order valence-electron chi connectivity index (χ2n) is 5.20. The molecule has 1 amide bonds. The third-order valence-electron chi connectivity index (χ3n) is 3.75. The molecule has 1 atom stereocenters. The zero-order chi connectivity index (χ0) is 15.5. The third-order valence-corrected chi connectivity index (χ3v) is 3.75. The maximum atomic E-state index is 12.3. The summed E-state index contributed by atoms with van der Waals surface area (Å²) in [5.41, 5.74) is 1.69. The Morgan fingerprint density at radius 1 is 1.38 bits per heavy atom. The largest absolute Gasteiger partial charge is 0.389 e. The highest BCUT2D eigenvalue weighted by atomic mass is 19.4. The Morgan fingerprint density at radius 3 is 2.76 bits per heavy atom. The predicted molar refractivity (Wildman–Crippen MR) is 75.1 cm³/mol. The number of nitrogens with zero attached hydrogens (tertiary/aromatic N) is 1. The maximum absolute atomic E-state index is 12.3. The first-order chi connectivity index (χ1) is 9.92. The number of para-hydroxylation sites is 1. The van der Waals surface area contributed by atoms with E-state index in [4.69, 9.17) is 0 Å². The molecule has 1 unspecified atom stereocenters. The van der Waals surface area contributed by atoms with E-state index in [9.17, 15) is 18.0 Å². The Labute approximate surface area is 122 Å². The number of alkyl halides is 3. The van der Waals surface area contributed by atoms with Gasteiger partial charge in [0.1, 0.15) is 0 Å². The Bertz CT molecular complexity index is 502. The van der Waals surface area contributed by atoms with Gasteiger partial charge in [0.2, 0.25) is 5.91 Å². The number of hydrogen-bond donors (Lipinski definition) is 1. The van der Waals surface area contributed by atoms with Crippen LogP contribution >= 0.6 is 0 Å². The minimum absolute atomic E-state index is 0.126. The van der Waals surface area contributed by atoms with Crippen molar-refractivity contribution in [3.8, 4) is 0 Å². The van der Waals surface area contributed by atoms with Crippen LogP contribution in [0.3, 0.4) is 0 Å². The van der Waals surface area contributed by atoms with Crippen LogP contribution in [0.2, 0.25) is 0 Å². The van der Waals surface area contributed by atoms with Crippen LogP contribution in [0.15, 0.2) is 24.3 Å². The first-order valence-corrected chi connectivity index (χ1v) is 7.05. The molecule has 1 N–H and O–H groups in total. The smallest absolute Gasteiger partial charge is 0.313 e. The highest BCUT2D eigenvalue weighted by Gasteiger charge is 2.31. The van der Waals surface area contributed by atoms with Gasteiger partial charge in [0.25, 0.3) is 0 Å². The van der Waals surface area contributed by atoms with Crippen LogP contribution in [-0.4, -0.2) is 25.7 Å². The molecule has 1 aromatic rings. The molecule has 0 fully saturated rings. The number of benzene rings is 1. The van der Waals surface area contributed by atoms with Crippen LogP contribution in [0.1, 0.15) is 37.3 Å². The summed E-state index contributed by atoms with van der Waals surface area (Å²) in [5.74, 6) is -0.462. The van der Waals surface area contributed by atoms with Gasteiger partial charge in [-0.25, -0.2) is 0 Å². The zero-order valence-corrected chi connectivity index (χ0v) is 11.9. The van der Waals surface area contributed by atoms with Crippen LogP contribution in [0.4, 0.5) is 18.9 Å². The Morgan fingerprint density at radius 2 is 2.10 bits per heavy atom. The molecular weight excluding hydrogens is 281 g/mol. The van der Waals surface area contributed by atoms with E-state index >= 15 is 0 Å². The second-order valence-corrected chi connectivity index (χ2v) is 5.20. The number of rotatable bonds is 3. The molecule has 0 radical (unpaired) electrons. The monoisotopic (exact) mass is 300 g/mol. The summed E-state index contributed by atoms with van der Waals surface area (Å²) in [6.45, 7) is 0.464. The van der Waals surface area contributed by atoms with E-state index in [-0.39, 0.29) is 6.04 Å². The normalized spacial score (nSPS) is 19.0. The van der Waals surface area contributed by atoms with Crippen LogP contribution in [0.5, 0.6) is 0 Å². The zero-order valence-electron chi connectivity index (χ0n) is 11.9. The molecular formula is C15H19F3N2O. The van der Waals surface area contributed by atoms with Gasteiger partial charge >= 0.3 is 6.18 Å². The van der Waals surface area contributed by atoms with Crippen molar-refractivity contribution >= 4 is 11.6 Å². The standard InChI is InChI=1S/C15H19F3N2O/c1-19-12-6-4-10-20(13-7-3-2-5-11(12)13)14(21)8-9-15(16,17)18/h2-3,5,7,12,19H,4,6,8-10H2,1H3. The van der Waals surface area contributed by atoms with E-state index in [1.807, 2.05) is 19.2 Å². The van der Waals surface area contributed by atoms with Crippen molar-refractivity contribution in [2.75, 3.05) is 18.5 Å². The summed E-state index contributed by atoms with van der Waals surface area (Å²) in [6.07, 6.45) is -4.24. The fourth-order valence-corrected chi connectivity index (χ4v) is 2.70. The molecule has 0 aromatic heterocycles. The van der Waals surface area contributed by atoms with Crippen molar-refractivity contribution in [2.24, 2.45) is 0 Å². The fourth-order valence-electron chi connectivity index (χ4n) is 2.70. The summed E-state index contributed by atoms with van der Waals surface area (Å²) < 4.78 is 36.9. The van der Waals surface area contributed by atoms with E-state index in [2.05, 4.69) is 5.32 Å². The topological polar surface area (TPSA) is 32.3 Å². The molecule has 3 nitrogen and oxygen atoms in total. The lowest BCUT2D eigenvalue weighted by Crippen LogP contribution is -2.32. The minimum Gasteiger partial charge on any atom is -0.313 e. The van der Waals surface area contributed by atoms with Gasteiger partial charge in [0.15, 0.2) is 0 Å². The predicted octanol–water partition coefficient (Wildman–Crippen LogP) is 3.42. The van der Waals surface area contributed by atoms with Gasteiger partial charge in [0, 0.05) is 24.7 Å². The molecule has 6 heteroatoms. The molecule has 1 aliphatic rings. The average molecular weight is 300 g/mol.